The molecule has 1 aromatic rings. The summed E-state index contributed by atoms with van der Waals surface area (Å²) in [6.07, 6.45) is 3.78. The normalized spacial score (nSPS) is 20.4. The zero-order valence-electron chi connectivity index (χ0n) is 10.3. The van der Waals surface area contributed by atoms with Crippen LogP contribution in [-0.4, -0.2) is 43.2 Å². The Morgan fingerprint density at radius 1 is 1.58 bits per heavy atom. The molecule has 1 aliphatic heterocycles. The maximum atomic E-state index is 12.5. The van der Waals surface area contributed by atoms with Crippen molar-refractivity contribution in [3.8, 4) is 0 Å². The van der Waals surface area contributed by atoms with Crippen LogP contribution >= 0.6 is 11.6 Å². The van der Waals surface area contributed by atoms with E-state index in [2.05, 4.69) is 10.3 Å². The molecular weight excluding hydrogens is 290 g/mol. The lowest BCUT2D eigenvalue weighted by atomic mass is 10.2. The van der Waals surface area contributed by atoms with Crippen molar-refractivity contribution in [3.63, 3.8) is 0 Å². The molecule has 6 nitrogen and oxygen atoms in total. The fourth-order valence-electron chi connectivity index (χ4n) is 2.14. The predicted octanol–water partition coefficient (Wildman–Crippen LogP) is 0.634. The molecule has 0 spiro atoms. The quantitative estimate of drug-likeness (QED) is 0.888. The van der Waals surface area contributed by atoms with Crippen LogP contribution in [0.2, 0.25) is 5.02 Å². The fraction of sp³-hybridized carbons (Fsp3) is 0.455. The summed E-state index contributed by atoms with van der Waals surface area (Å²) in [5.41, 5.74) is 0. The minimum absolute atomic E-state index is 0.0625. The second-order valence-corrected chi connectivity index (χ2v) is 6.46. The first-order valence-electron chi connectivity index (χ1n) is 5.81. The van der Waals surface area contributed by atoms with Crippen LogP contribution in [0.3, 0.4) is 0 Å². The molecule has 2 heterocycles. The lowest BCUT2D eigenvalue weighted by Gasteiger charge is -2.22. The monoisotopic (exact) mass is 303 g/mol. The number of pyridine rings is 1. The van der Waals surface area contributed by atoms with Gasteiger partial charge in [0.1, 0.15) is 10.9 Å². The van der Waals surface area contributed by atoms with Crippen LogP contribution in [-0.2, 0) is 14.8 Å². The number of carbonyl (C=O) groups is 1. The van der Waals surface area contributed by atoms with Gasteiger partial charge in [0.2, 0.25) is 15.9 Å². The minimum Gasteiger partial charge on any atom is -0.358 e. The zero-order chi connectivity index (χ0) is 14.0. The van der Waals surface area contributed by atoms with E-state index in [0.717, 1.165) is 0 Å². The smallest absolute Gasteiger partial charge is 0.246 e. The predicted molar refractivity (Wildman–Crippen MR) is 70.2 cm³/mol. The number of halogens is 1. The van der Waals surface area contributed by atoms with Gasteiger partial charge in [-0.15, -0.1) is 0 Å². The molecule has 1 aliphatic rings. The Morgan fingerprint density at radius 3 is 2.95 bits per heavy atom. The van der Waals surface area contributed by atoms with Gasteiger partial charge in [-0.1, -0.05) is 11.6 Å². The lowest BCUT2D eigenvalue weighted by Crippen LogP contribution is -2.44. The van der Waals surface area contributed by atoms with Gasteiger partial charge in [0.05, 0.1) is 5.02 Å². The second-order valence-electron chi connectivity index (χ2n) is 4.19. The van der Waals surface area contributed by atoms with E-state index in [9.17, 15) is 13.2 Å². The van der Waals surface area contributed by atoms with Crippen molar-refractivity contribution in [1.29, 1.82) is 0 Å². The highest BCUT2D eigenvalue weighted by molar-refractivity contribution is 7.89. The van der Waals surface area contributed by atoms with Crippen molar-refractivity contribution >= 4 is 27.5 Å². The lowest BCUT2D eigenvalue weighted by molar-refractivity contribution is -0.123. The highest BCUT2D eigenvalue weighted by Crippen LogP contribution is 2.29. The largest absolute Gasteiger partial charge is 0.358 e. The molecule has 1 saturated heterocycles. The van der Waals surface area contributed by atoms with Gasteiger partial charge in [0.15, 0.2) is 0 Å². The van der Waals surface area contributed by atoms with Crippen molar-refractivity contribution in [3.05, 3.63) is 23.5 Å². The van der Waals surface area contributed by atoms with Crippen LogP contribution in [0.1, 0.15) is 12.8 Å². The Morgan fingerprint density at radius 2 is 2.32 bits per heavy atom. The first kappa shape index (κ1) is 14.2. The Bertz CT molecular complexity index is 591. The van der Waals surface area contributed by atoms with E-state index in [-0.39, 0.29) is 15.8 Å². The number of hydrogen-bond acceptors (Lipinski definition) is 4. The number of nitrogens with one attached hydrogen (secondary N) is 1. The minimum atomic E-state index is -3.80. The van der Waals surface area contributed by atoms with Crippen molar-refractivity contribution < 1.29 is 13.2 Å². The second kappa shape index (κ2) is 5.44. The number of aromatic nitrogens is 1. The Labute approximate surface area is 116 Å². The molecule has 0 aromatic carbocycles. The molecular formula is C11H14ClN3O3S. The van der Waals surface area contributed by atoms with Crippen molar-refractivity contribution in [2.75, 3.05) is 13.6 Å². The summed E-state index contributed by atoms with van der Waals surface area (Å²) in [5, 5.41) is 2.59. The molecule has 1 fully saturated rings. The highest BCUT2D eigenvalue weighted by Gasteiger charge is 2.39. The number of sulfonamides is 1. The standard InChI is InChI=1S/C11H14ClN3O3S/c1-13-11(16)9-3-2-6-15(9)19(17,18)10-7-14-5-4-8(10)12/h4-5,7,9H,2-3,6H2,1H3,(H,13,16). The van der Waals surface area contributed by atoms with E-state index in [1.54, 1.807) is 0 Å². The molecule has 1 atom stereocenters. The fourth-order valence-corrected chi connectivity index (χ4v) is 4.20. The molecule has 19 heavy (non-hydrogen) atoms. The molecule has 1 aromatic heterocycles. The van der Waals surface area contributed by atoms with Gasteiger partial charge in [0, 0.05) is 26.0 Å². The van der Waals surface area contributed by atoms with E-state index in [1.165, 1.54) is 29.8 Å². The number of hydrogen-bond donors (Lipinski definition) is 1. The molecule has 0 radical (unpaired) electrons. The summed E-state index contributed by atoms with van der Waals surface area (Å²) < 4.78 is 26.2. The van der Waals surface area contributed by atoms with Gasteiger partial charge < -0.3 is 5.32 Å². The van der Waals surface area contributed by atoms with Crippen LogP contribution in [0.5, 0.6) is 0 Å². The molecule has 8 heteroatoms. The molecule has 2 rings (SSSR count). The maximum absolute atomic E-state index is 12.5. The molecule has 1 N–H and O–H groups in total. The van der Waals surface area contributed by atoms with Gasteiger partial charge in [-0.2, -0.15) is 4.31 Å². The summed E-state index contributed by atoms with van der Waals surface area (Å²) >= 11 is 5.90. The van der Waals surface area contributed by atoms with Crippen LogP contribution in [0, 0.1) is 0 Å². The third-order valence-electron chi connectivity index (χ3n) is 3.07. The summed E-state index contributed by atoms with van der Waals surface area (Å²) in [7, 11) is -2.31. The number of amides is 1. The third-order valence-corrected chi connectivity index (χ3v) is 5.45. The maximum Gasteiger partial charge on any atom is 0.246 e. The van der Waals surface area contributed by atoms with Gasteiger partial charge in [-0.05, 0) is 18.9 Å². The summed E-state index contributed by atoms with van der Waals surface area (Å²) in [5.74, 6) is -0.305. The number of rotatable bonds is 3. The highest BCUT2D eigenvalue weighted by atomic mass is 35.5. The van der Waals surface area contributed by atoms with E-state index >= 15 is 0 Å². The Kier molecular flexibility index (Phi) is 4.07. The number of likely N-dealkylation sites (N-methyl/N-ethyl adjacent to an activating group) is 1. The SMILES string of the molecule is CNC(=O)C1CCCN1S(=O)(=O)c1cnccc1Cl. The molecule has 0 bridgehead atoms. The summed E-state index contributed by atoms with van der Waals surface area (Å²) in [6, 6.07) is 0.741. The average Bonchev–Trinajstić information content (AvgIpc) is 2.88. The van der Waals surface area contributed by atoms with E-state index in [0.29, 0.717) is 19.4 Å². The van der Waals surface area contributed by atoms with Gasteiger partial charge in [0.25, 0.3) is 0 Å². The molecule has 0 aliphatic carbocycles. The topological polar surface area (TPSA) is 79.4 Å². The van der Waals surface area contributed by atoms with Gasteiger partial charge in [-0.3, -0.25) is 9.78 Å². The Hall–Kier alpha value is -1.18. The van der Waals surface area contributed by atoms with Crippen molar-refractivity contribution in [1.82, 2.24) is 14.6 Å². The van der Waals surface area contributed by atoms with Gasteiger partial charge >= 0.3 is 0 Å². The van der Waals surface area contributed by atoms with E-state index in [4.69, 9.17) is 11.6 Å². The molecule has 1 amide bonds. The molecule has 104 valence electrons. The first-order valence-corrected chi connectivity index (χ1v) is 7.63. The molecule has 0 saturated carbocycles. The molecule has 1 unspecified atom stereocenters. The summed E-state index contributed by atoms with van der Waals surface area (Å²) in [6.45, 7) is 0.311. The van der Waals surface area contributed by atoms with Crippen LogP contribution in [0.25, 0.3) is 0 Å². The van der Waals surface area contributed by atoms with Crippen molar-refractivity contribution in [2.45, 2.75) is 23.8 Å². The van der Waals surface area contributed by atoms with Gasteiger partial charge in [-0.25, -0.2) is 8.42 Å². The zero-order valence-corrected chi connectivity index (χ0v) is 11.9. The first-order chi connectivity index (χ1) is 8.98. The Balaban J connectivity index is 2.40. The van der Waals surface area contributed by atoms with Crippen LogP contribution in [0.4, 0.5) is 0 Å². The van der Waals surface area contributed by atoms with E-state index < -0.39 is 16.1 Å². The van der Waals surface area contributed by atoms with Crippen LogP contribution < -0.4 is 5.32 Å². The third kappa shape index (κ3) is 2.58. The average molecular weight is 304 g/mol. The van der Waals surface area contributed by atoms with Crippen LogP contribution in [0.15, 0.2) is 23.4 Å². The van der Waals surface area contributed by atoms with Crippen molar-refractivity contribution in [2.24, 2.45) is 0 Å². The number of nitrogens with zero attached hydrogens (tertiary/aromatic N) is 2. The summed E-state index contributed by atoms with van der Waals surface area (Å²) in [4.78, 5) is 15.4. The van der Waals surface area contributed by atoms with E-state index in [1.807, 2.05) is 0 Å². The number of carbonyl (C=O) groups excluding carboxylic acids is 1.